The summed E-state index contributed by atoms with van der Waals surface area (Å²) in [5.41, 5.74) is 2.50. The number of amides is 1. The summed E-state index contributed by atoms with van der Waals surface area (Å²) in [7, 11) is 0. The minimum absolute atomic E-state index is 0.0332. The highest BCUT2D eigenvalue weighted by Crippen LogP contribution is 2.44. The van der Waals surface area contributed by atoms with E-state index in [4.69, 9.17) is 9.72 Å². The molecule has 10 heteroatoms. The second-order valence-corrected chi connectivity index (χ2v) is 8.84. The van der Waals surface area contributed by atoms with E-state index in [1.54, 1.807) is 6.92 Å². The molecule has 0 radical (unpaired) electrons. The number of nitrogens with one attached hydrogen (secondary N) is 3. The van der Waals surface area contributed by atoms with Crippen LogP contribution in [0.15, 0.2) is 9.59 Å². The second-order valence-electron chi connectivity index (χ2n) is 8.84. The molecule has 0 bridgehead atoms. The molecule has 1 aliphatic carbocycles. The largest absolute Gasteiger partial charge is 0.378 e. The summed E-state index contributed by atoms with van der Waals surface area (Å²) in [6.07, 6.45) is 3.30. The Bertz CT molecular complexity index is 1100. The lowest BCUT2D eigenvalue weighted by Crippen LogP contribution is -2.46. The van der Waals surface area contributed by atoms with Crippen molar-refractivity contribution in [3.63, 3.8) is 0 Å². The minimum atomic E-state index is -0.233. The number of fused-ring (bicyclic) bond motifs is 2. The van der Waals surface area contributed by atoms with E-state index in [9.17, 15) is 14.4 Å². The molecule has 1 amide bonds. The van der Waals surface area contributed by atoms with Gasteiger partial charge in [-0.1, -0.05) is 0 Å². The number of hydrogen-bond acceptors (Lipinski definition) is 6. The Balaban J connectivity index is 1.33. The van der Waals surface area contributed by atoms with Crippen molar-refractivity contribution in [3.8, 4) is 0 Å². The van der Waals surface area contributed by atoms with Crippen molar-refractivity contribution in [2.24, 2.45) is 0 Å². The zero-order valence-corrected chi connectivity index (χ0v) is 17.8. The molecule has 1 spiro atoms. The van der Waals surface area contributed by atoms with Crippen molar-refractivity contribution in [2.45, 2.75) is 44.4 Å². The number of morpholine rings is 1. The molecule has 10 nitrogen and oxygen atoms in total. The fraction of sp³-hybridized carbons (Fsp3) is 0.619. The Hall–Kier alpha value is -2.88. The Morgan fingerprint density at radius 3 is 2.48 bits per heavy atom. The number of aromatic amines is 3. The zero-order valence-electron chi connectivity index (χ0n) is 17.8. The zero-order chi connectivity index (χ0) is 21.6. The van der Waals surface area contributed by atoms with Gasteiger partial charge in [-0.15, -0.1) is 0 Å². The standard InChI is InChI=1S/C21H28N6O4/c1-13-15(19(30)25-24-13)12-16(28)26-6-4-21(5-7-26)3-2-14-17(21)22-20(23-18(14)29)27-8-10-31-11-9-27/h2-12H2,1H3,(H,22,23,29)(H2,24,25,30). The van der Waals surface area contributed by atoms with Crippen molar-refractivity contribution >= 4 is 11.9 Å². The van der Waals surface area contributed by atoms with E-state index in [1.165, 1.54) is 0 Å². The van der Waals surface area contributed by atoms with Crippen LogP contribution in [0.4, 0.5) is 5.95 Å². The third-order valence-electron chi connectivity index (χ3n) is 7.16. The molecule has 2 aliphatic heterocycles. The molecule has 166 valence electrons. The van der Waals surface area contributed by atoms with E-state index in [-0.39, 0.29) is 28.9 Å². The van der Waals surface area contributed by atoms with Gasteiger partial charge in [-0.25, -0.2) is 4.98 Å². The van der Waals surface area contributed by atoms with Gasteiger partial charge in [0, 0.05) is 48.4 Å². The van der Waals surface area contributed by atoms with E-state index < -0.39 is 0 Å². The maximum atomic E-state index is 12.8. The first-order valence-electron chi connectivity index (χ1n) is 11.0. The number of aromatic nitrogens is 4. The van der Waals surface area contributed by atoms with Gasteiger partial charge in [0.25, 0.3) is 11.1 Å². The van der Waals surface area contributed by atoms with E-state index >= 15 is 0 Å². The van der Waals surface area contributed by atoms with Gasteiger partial charge in [0.1, 0.15) is 0 Å². The Kier molecular flexibility index (Phi) is 4.96. The van der Waals surface area contributed by atoms with Gasteiger partial charge in [0.15, 0.2) is 0 Å². The highest BCUT2D eigenvalue weighted by atomic mass is 16.5. The lowest BCUT2D eigenvalue weighted by atomic mass is 9.76. The Labute approximate surface area is 179 Å². The molecule has 3 aliphatic rings. The molecule has 2 fully saturated rings. The average Bonchev–Trinajstić information content (AvgIpc) is 3.30. The number of piperidine rings is 1. The van der Waals surface area contributed by atoms with Gasteiger partial charge in [0.2, 0.25) is 11.9 Å². The summed E-state index contributed by atoms with van der Waals surface area (Å²) in [6, 6.07) is 0. The molecule has 0 unspecified atom stereocenters. The normalized spacial score (nSPS) is 20.3. The van der Waals surface area contributed by atoms with E-state index in [2.05, 4.69) is 20.1 Å². The van der Waals surface area contributed by atoms with Crippen LogP contribution < -0.4 is 16.0 Å². The van der Waals surface area contributed by atoms with Crippen molar-refractivity contribution < 1.29 is 9.53 Å². The first kappa shape index (κ1) is 20.0. The third-order valence-corrected chi connectivity index (χ3v) is 7.16. The van der Waals surface area contributed by atoms with Gasteiger partial charge < -0.3 is 19.6 Å². The van der Waals surface area contributed by atoms with Crippen LogP contribution in [0.3, 0.4) is 0 Å². The van der Waals surface area contributed by atoms with Gasteiger partial charge in [0.05, 0.1) is 25.3 Å². The third kappa shape index (κ3) is 3.48. The summed E-state index contributed by atoms with van der Waals surface area (Å²) in [5, 5.41) is 5.30. The van der Waals surface area contributed by atoms with Crippen LogP contribution in [0.2, 0.25) is 0 Å². The first-order valence-corrected chi connectivity index (χ1v) is 11.0. The number of nitrogens with zero attached hydrogens (tertiary/aromatic N) is 3. The molecular formula is C21H28N6O4. The fourth-order valence-corrected chi connectivity index (χ4v) is 5.18. The number of aryl methyl sites for hydroxylation is 1. The van der Waals surface area contributed by atoms with Crippen LogP contribution in [0, 0.1) is 6.92 Å². The molecule has 4 heterocycles. The number of carbonyl (C=O) groups excluding carboxylic acids is 1. The summed E-state index contributed by atoms with van der Waals surface area (Å²) >= 11 is 0. The van der Waals surface area contributed by atoms with Crippen LogP contribution in [0.5, 0.6) is 0 Å². The van der Waals surface area contributed by atoms with Crippen LogP contribution >= 0.6 is 0 Å². The molecule has 3 N–H and O–H groups in total. The molecule has 0 atom stereocenters. The number of ether oxygens (including phenoxy) is 1. The predicted molar refractivity (Wildman–Crippen MR) is 114 cm³/mol. The number of carbonyl (C=O) groups is 1. The van der Waals surface area contributed by atoms with E-state index in [0.717, 1.165) is 36.9 Å². The molecule has 2 aromatic rings. The summed E-state index contributed by atoms with van der Waals surface area (Å²) in [5.74, 6) is 0.600. The lowest BCUT2D eigenvalue weighted by molar-refractivity contribution is -0.132. The van der Waals surface area contributed by atoms with Crippen LogP contribution in [0.25, 0.3) is 0 Å². The number of rotatable bonds is 3. The number of anilines is 1. The van der Waals surface area contributed by atoms with Gasteiger partial charge in [-0.05, 0) is 32.6 Å². The van der Waals surface area contributed by atoms with Crippen molar-refractivity contribution in [1.29, 1.82) is 0 Å². The van der Waals surface area contributed by atoms with Crippen molar-refractivity contribution in [1.82, 2.24) is 25.1 Å². The molecule has 2 aromatic heterocycles. The second kappa shape index (κ2) is 7.67. The first-order chi connectivity index (χ1) is 15.0. The molecule has 31 heavy (non-hydrogen) atoms. The topological polar surface area (TPSA) is 127 Å². The van der Waals surface area contributed by atoms with Crippen molar-refractivity contribution in [2.75, 3.05) is 44.3 Å². The number of hydrogen-bond donors (Lipinski definition) is 3. The maximum absolute atomic E-state index is 12.8. The molecule has 0 aromatic carbocycles. The molecule has 2 saturated heterocycles. The highest BCUT2D eigenvalue weighted by molar-refractivity contribution is 5.79. The predicted octanol–water partition coefficient (Wildman–Crippen LogP) is -0.0196. The van der Waals surface area contributed by atoms with Gasteiger partial charge >= 0.3 is 0 Å². The lowest BCUT2D eigenvalue weighted by Gasteiger charge is -2.39. The van der Waals surface area contributed by atoms with Crippen molar-refractivity contribution in [3.05, 3.63) is 43.2 Å². The quantitative estimate of drug-likeness (QED) is 0.631. The molecular weight excluding hydrogens is 400 g/mol. The average molecular weight is 428 g/mol. The summed E-state index contributed by atoms with van der Waals surface area (Å²) < 4.78 is 5.42. The Morgan fingerprint density at radius 1 is 1.06 bits per heavy atom. The van der Waals surface area contributed by atoms with Gasteiger partial charge in [-0.2, -0.15) is 0 Å². The van der Waals surface area contributed by atoms with Crippen LogP contribution in [-0.2, 0) is 27.8 Å². The van der Waals surface area contributed by atoms with E-state index in [0.29, 0.717) is 56.6 Å². The molecule has 0 saturated carbocycles. The smallest absolute Gasteiger partial charge is 0.267 e. The monoisotopic (exact) mass is 428 g/mol. The number of likely N-dealkylation sites (tertiary alicyclic amines) is 1. The van der Waals surface area contributed by atoms with Gasteiger partial charge in [-0.3, -0.25) is 24.5 Å². The van der Waals surface area contributed by atoms with E-state index in [1.807, 2.05) is 4.90 Å². The van der Waals surface area contributed by atoms with Crippen LogP contribution in [0.1, 0.15) is 41.8 Å². The maximum Gasteiger partial charge on any atom is 0.267 e. The summed E-state index contributed by atoms with van der Waals surface area (Å²) in [6.45, 7) is 5.71. The minimum Gasteiger partial charge on any atom is -0.378 e. The molecule has 5 rings (SSSR count). The van der Waals surface area contributed by atoms with Crippen LogP contribution in [-0.4, -0.2) is 70.4 Å². The Morgan fingerprint density at radius 2 is 1.81 bits per heavy atom. The fourth-order valence-electron chi connectivity index (χ4n) is 5.18. The SMILES string of the molecule is Cc1[nH][nH]c(=O)c1CC(=O)N1CCC2(CCc3c2nc(N2CCOCC2)[nH]c3=O)CC1. The summed E-state index contributed by atoms with van der Waals surface area (Å²) in [4.78, 5) is 49.3. The number of H-pyrrole nitrogens is 3. The highest BCUT2D eigenvalue weighted by Gasteiger charge is 2.45.